The Morgan fingerprint density at radius 3 is 2.76 bits per heavy atom. The van der Waals surface area contributed by atoms with Gasteiger partial charge in [-0.2, -0.15) is 5.10 Å². The average Bonchev–Trinajstić information content (AvgIpc) is 2.89. The summed E-state index contributed by atoms with van der Waals surface area (Å²) in [6.45, 7) is 7.37. The van der Waals surface area contributed by atoms with Crippen molar-refractivity contribution in [2.75, 3.05) is 11.9 Å². The van der Waals surface area contributed by atoms with E-state index in [2.05, 4.69) is 49.4 Å². The Balaban J connectivity index is 2.12. The van der Waals surface area contributed by atoms with E-state index in [1.54, 1.807) is 0 Å². The second-order valence-electron chi connectivity index (χ2n) is 4.73. The zero-order chi connectivity index (χ0) is 12.0. The van der Waals surface area contributed by atoms with Crippen LogP contribution in [0.1, 0.15) is 22.5 Å². The lowest BCUT2D eigenvalue weighted by molar-refractivity contribution is 0.832. The molecule has 0 bridgehead atoms. The first kappa shape index (κ1) is 10.4. The summed E-state index contributed by atoms with van der Waals surface area (Å²) in [6, 6.07) is 6.54. The van der Waals surface area contributed by atoms with Crippen LogP contribution in [-0.4, -0.2) is 16.3 Å². The molecule has 0 spiro atoms. The Morgan fingerprint density at radius 2 is 2.06 bits per heavy atom. The highest BCUT2D eigenvalue weighted by Gasteiger charge is 2.13. The number of aryl methyl sites for hydroxylation is 1. The van der Waals surface area contributed by atoms with Gasteiger partial charge in [0.05, 0.1) is 11.4 Å². The predicted molar refractivity (Wildman–Crippen MR) is 70.0 cm³/mol. The van der Waals surface area contributed by atoms with Crippen molar-refractivity contribution >= 4 is 5.69 Å². The molecular formula is C14H17N3. The second-order valence-corrected chi connectivity index (χ2v) is 4.73. The molecule has 3 nitrogen and oxygen atoms in total. The number of aromatic nitrogens is 2. The Morgan fingerprint density at radius 1 is 1.24 bits per heavy atom. The fraction of sp³-hybridized carbons (Fsp3) is 0.357. The van der Waals surface area contributed by atoms with Gasteiger partial charge in [-0.1, -0.05) is 0 Å². The second kappa shape index (κ2) is 3.62. The standard InChI is InChI=1S/C14H17N3/c1-9-10(2)16-17(11(9)3)13-4-5-14-12(8-13)6-7-15-14/h4-5,8,15H,6-7H2,1-3H3. The zero-order valence-electron chi connectivity index (χ0n) is 10.5. The van der Waals surface area contributed by atoms with E-state index in [4.69, 9.17) is 0 Å². The molecule has 0 saturated heterocycles. The number of anilines is 1. The molecule has 3 rings (SSSR count). The van der Waals surface area contributed by atoms with E-state index in [1.807, 2.05) is 4.68 Å². The number of benzene rings is 1. The van der Waals surface area contributed by atoms with Gasteiger partial charge in [-0.3, -0.25) is 0 Å². The molecule has 2 aromatic rings. The van der Waals surface area contributed by atoms with Crippen molar-refractivity contribution in [2.45, 2.75) is 27.2 Å². The molecule has 1 aromatic heterocycles. The van der Waals surface area contributed by atoms with Crippen molar-refractivity contribution in [2.24, 2.45) is 0 Å². The minimum Gasteiger partial charge on any atom is -0.384 e. The van der Waals surface area contributed by atoms with Crippen LogP contribution in [0.3, 0.4) is 0 Å². The van der Waals surface area contributed by atoms with Gasteiger partial charge < -0.3 is 5.32 Å². The minimum atomic E-state index is 1.05. The van der Waals surface area contributed by atoms with Crippen molar-refractivity contribution in [1.29, 1.82) is 0 Å². The van der Waals surface area contributed by atoms with Crippen molar-refractivity contribution < 1.29 is 0 Å². The quantitative estimate of drug-likeness (QED) is 0.812. The fourth-order valence-electron chi connectivity index (χ4n) is 2.40. The number of nitrogens with one attached hydrogen (secondary N) is 1. The summed E-state index contributed by atoms with van der Waals surface area (Å²) in [4.78, 5) is 0. The maximum atomic E-state index is 4.60. The van der Waals surface area contributed by atoms with Gasteiger partial charge in [-0.25, -0.2) is 4.68 Å². The fourth-order valence-corrected chi connectivity index (χ4v) is 2.40. The normalized spacial score (nSPS) is 13.6. The molecule has 1 aliphatic rings. The smallest absolute Gasteiger partial charge is 0.0653 e. The third-order valence-electron chi connectivity index (χ3n) is 3.70. The van der Waals surface area contributed by atoms with Crippen LogP contribution in [-0.2, 0) is 6.42 Å². The molecule has 0 unspecified atom stereocenters. The first-order chi connectivity index (χ1) is 8.16. The van der Waals surface area contributed by atoms with Gasteiger partial charge in [0.15, 0.2) is 0 Å². The largest absolute Gasteiger partial charge is 0.384 e. The molecule has 3 heteroatoms. The number of nitrogens with zero attached hydrogens (tertiary/aromatic N) is 2. The van der Waals surface area contributed by atoms with Crippen LogP contribution < -0.4 is 5.32 Å². The van der Waals surface area contributed by atoms with Crippen molar-refractivity contribution in [1.82, 2.24) is 9.78 Å². The SMILES string of the molecule is Cc1nn(-c2ccc3c(c2)CCN3)c(C)c1C. The number of hydrogen-bond donors (Lipinski definition) is 1. The third kappa shape index (κ3) is 1.54. The summed E-state index contributed by atoms with van der Waals surface area (Å²) in [5.41, 5.74) is 7.46. The van der Waals surface area contributed by atoms with Crippen LogP contribution in [0.15, 0.2) is 18.2 Å². The Hall–Kier alpha value is -1.77. The number of rotatable bonds is 1. The Kier molecular flexibility index (Phi) is 2.21. The monoisotopic (exact) mass is 227 g/mol. The van der Waals surface area contributed by atoms with E-state index in [0.717, 1.165) is 18.7 Å². The number of fused-ring (bicyclic) bond motifs is 1. The van der Waals surface area contributed by atoms with E-state index in [1.165, 1.54) is 28.2 Å². The lowest BCUT2D eigenvalue weighted by Gasteiger charge is -2.07. The maximum absolute atomic E-state index is 4.60. The zero-order valence-corrected chi connectivity index (χ0v) is 10.5. The summed E-state index contributed by atoms with van der Waals surface area (Å²) in [7, 11) is 0. The molecule has 0 atom stereocenters. The van der Waals surface area contributed by atoms with Crippen LogP contribution in [0.2, 0.25) is 0 Å². The molecular weight excluding hydrogens is 210 g/mol. The summed E-state index contributed by atoms with van der Waals surface area (Å²) >= 11 is 0. The molecule has 1 N–H and O–H groups in total. The number of hydrogen-bond acceptors (Lipinski definition) is 2. The molecule has 1 aliphatic heterocycles. The molecule has 88 valence electrons. The van der Waals surface area contributed by atoms with Crippen LogP contribution in [0.25, 0.3) is 5.69 Å². The van der Waals surface area contributed by atoms with Crippen LogP contribution >= 0.6 is 0 Å². The average molecular weight is 227 g/mol. The van der Waals surface area contributed by atoms with Gasteiger partial charge in [0.2, 0.25) is 0 Å². The van der Waals surface area contributed by atoms with Gasteiger partial charge in [-0.15, -0.1) is 0 Å². The highest BCUT2D eigenvalue weighted by molar-refractivity contribution is 5.59. The van der Waals surface area contributed by atoms with Gasteiger partial charge in [0, 0.05) is 17.9 Å². The molecule has 17 heavy (non-hydrogen) atoms. The van der Waals surface area contributed by atoms with Gasteiger partial charge in [0.1, 0.15) is 0 Å². The summed E-state index contributed by atoms with van der Waals surface area (Å²) in [6.07, 6.45) is 1.11. The van der Waals surface area contributed by atoms with Crippen LogP contribution in [0, 0.1) is 20.8 Å². The van der Waals surface area contributed by atoms with Gasteiger partial charge in [-0.05, 0) is 56.5 Å². The van der Waals surface area contributed by atoms with Crippen molar-refractivity contribution in [3.63, 3.8) is 0 Å². The van der Waals surface area contributed by atoms with Gasteiger partial charge in [0.25, 0.3) is 0 Å². The lowest BCUT2D eigenvalue weighted by atomic mass is 10.1. The predicted octanol–water partition coefficient (Wildman–Crippen LogP) is 2.77. The highest BCUT2D eigenvalue weighted by Crippen LogP contribution is 2.26. The van der Waals surface area contributed by atoms with E-state index < -0.39 is 0 Å². The van der Waals surface area contributed by atoms with Crippen LogP contribution in [0.5, 0.6) is 0 Å². The summed E-state index contributed by atoms with van der Waals surface area (Å²) in [5, 5.41) is 7.98. The van der Waals surface area contributed by atoms with E-state index in [-0.39, 0.29) is 0 Å². The first-order valence-electron chi connectivity index (χ1n) is 6.07. The molecule has 0 saturated carbocycles. The molecule has 1 aromatic carbocycles. The molecule has 0 fully saturated rings. The minimum absolute atomic E-state index is 1.05. The van der Waals surface area contributed by atoms with E-state index in [9.17, 15) is 0 Å². The third-order valence-corrected chi connectivity index (χ3v) is 3.70. The summed E-state index contributed by atoms with van der Waals surface area (Å²) in [5.74, 6) is 0. The highest BCUT2D eigenvalue weighted by atomic mass is 15.3. The maximum Gasteiger partial charge on any atom is 0.0653 e. The molecule has 0 radical (unpaired) electrons. The topological polar surface area (TPSA) is 29.9 Å². The lowest BCUT2D eigenvalue weighted by Crippen LogP contribution is -1.99. The Bertz CT molecular complexity index is 581. The molecule has 0 amide bonds. The van der Waals surface area contributed by atoms with Crippen molar-refractivity contribution in [3.05, 3.63) is 40.7 Å². The van der Waals surface area contributed by atoms with Crippen LogP contribution in [0.4, 0.5) is 5.69 Å². The first-order valence-corrected chi connectivity index (χ1v) is 6.07. The molecule has 0 aliphatic carbocycles. The van der Waals surface area contributed by atoms with Gasteiger partial charge >= 0.3 is 0 Å². The Labute approximate surface area is 101 Å². The van der Waals surface area contributed by atoms with E-state index >= 15 is 0 Å². The van der Waals surface area contributed by atoms with E-state index in [0.29, 0.717) is 0 Å². The molecule has 2 heterocycles. The summed E-state index contributed by atoms with van der Waals surface area (Å²) < 4.78 is 2.04. The van der Waals surface area contributed by atoms with Crippen molar-refractivity contribution in [3.8, 4) is 5.69 Å².